The average molecular weight is 522 g/mol. The molecule has 0 atom stereocenters. The molecule has 150 valence electrons. The monoisotopic (exact) mass is 522 g/mol. The van der Waals surface area contributed by atoms with E-state index in [2.05, 4.69) is 59.2 Å². The molecular formula is C21H19IN2O4S. The molecule has 2 aromatic carbocycles. The molecule has 6 nitrogen and oxygen atoms in total. The van der Waals surface area contributed by atoms with Crippen molar-refractivity contribution in [3.05, 3.63) is 61.7 Å². The van der Waals surface area contributed by atoms with Crippen molar-refractivity contribution in [3.63, 3.8) is 0 Å². The summed E-state index contributed by atoms with van der Waals surface area (Å²) in [6.07, 6.45) is 1.49. The first-order valence-corrected chi connectivity index (χ1v) is 10.2. The highest BCUT2D eigenvalue weighted by Crippen LogP contribution is 2.35. The van der Waals surface area contributed by atoms with Crippen molar-refractivity contribution >= 4 is 57.8 Å². The number of aryl methyl sites for hydroxylation is 2. The first-order valence-electron chi connectivity index (χ1n) is 8.73. The number of nitrogens with one attached hydrogen (secondary N) is 2. The molecule has 0 spiro atoms. The second kappa shape index (κ2) is 8.91. The van der Waals surface area contributed by atoms with Crippen LogP contribution in [-0.4, -0.2) is 24.0 Å². The number of thiocarbonyl (C=S) groups is 1. The van der Waals surface area contributed by atoms with Crippen LogP contribution in [0.25, 0.3) is 6.08 Å². The molecule has 2 amide bonds. The Bertz CT molecular complexity index is 1030. The number of hydrogen-bond acceptors (Lipinski definition) is 5. The Kier molecular flexibility index (Phi) is 6.53. The minimum absolute atomic E-state index is 0.000554. The predicted molar refractivity (Wildman–Crippen MR) is 123 cm³/mol. The molecule has 0 bridgehead atoms. The highest BCUT2D eigenvalue weighted by molar-refractivity contribution is 14.1. The quantitative estimate of drug-likeness (QED) is 0.273. The van der Waals surface area contributed by atoms with Crippen LogP contribution in [0, 0.1) is 17.4 Å². The summed E-state index contributed by atoms with van der Waals surface area (Å²) in [4.78, 5) is 24.1. The summed E-state index contributed by atoms with van der Waals surface area (Å²) < 4.78 is 12.3. The molecule has 0 aromatic heterocycles. The van der Waals surface area contributed by atoms with Gasteiger partial charge in [0.05, 0.1) is 10.7 Å². The lowest BCUT2D eigenvalue weighted by Gasteiger charge is -2.17. The van der Waals surface area contributed by atoms with Gasteiger partial charge in [0.15, 0.2) is 16.6 Å². The van der Waals surface area contributed by atoms with Gasteiger partial charge >= 0.3 is 0 Å². The molecule has 1 fully saturated rings. The van der Waals surface area contributed by atoms with E-state index in [0.717, 1.165) is 9.13 Å². The van der Waals surface area contributed by atoms with Crippen molar-refractivity contribution in [1.29, 1.82) is 0 Å². The van der Waals surface area contributed by atoms with Crippen molar-refractivity contribution in [2.75, 3.05) is 7.11 Å². The SMILES string of the molecule is COc1cc(C=C2C(=O)NC(=S)NC2=O)cc(I)c1OCc1ccc(C)c(C)c1. The van der Waals surface area contributed by atoms with Crippen LogP contribution >= 0.6 is 34.8 Å². The van der Waals surface area contributed by atoms with Crippen molar-refractivity contribution in [1.82, 2.24) is 10.6 Å². The maximum absolute atomic E-state index is 12.1. The van der Waals surface area contributed by atoms with Crippen LogP contribution in [0.15, 0.2) is 35.9 Å². The molecule has 8 heteroatoms. The van der Waals surface area contributed by atoms with E-state index in [4.69, 9.17) is 21.7 Å². The zero-order chi connectivity index (χ0) is 21.1. The van der Waals surface area contributed by atoms with Gasteiger partial charge in [0.2, 0.25) is 0 Å². The van der Waals surface area contributed by atoms with Gasteiger partial charge in [0.1, 0.15) is 12.2 Å². The van der Waals surface area contributed by atoms with Gasteiger partial charge in [0.25, 0.3) is 11.8 Å². The van der Waals surface area contributed by atoms with E-state index in [9.17, 15) is 9.59 Å². The van der Waals surface area contributed by atoms with Gasteiger partial charge in [-0.15, -0.1) is 0 Å². The standard InChI is InChI=1S/C21H19IN2O4S/c1-11-4-5-13(6-12(11)2)10-28-18-16(22)8-14(9-17(18)27-3)7-15-19(25)23-21(29)24-20(15)26/h4-9H,10H2,1-3H3,(H2,23,24,25,26,29). The van der Waals surface area contributed by atoms with Crippen molar-refractivity contribution < 1.29 is 19.1 Å². The van der Waals surface area contributed by atoms with Gasteiger partial charge in [-0.2, -0.15) is 0 Å². The second-order valence-electron chi connectivity index (χ2n) is 6.54. The number of ether oxygens (including phenoxy) is 2. The molecule has 2 N–H and O–H groups in total. The first kappa shape index (κ1) is 21.3. The van der Waals surface area contributed by atoms with Crippen LogP contribution in [-0.2, 0) is 16.2 Å². The summed E-state index contributed by atoms with van der Waals surface area (Å²) in [5.41, 5.74) is 4.11. The maximum Gasteiger partial charge on any atom is 0.263 e. The Labute approximate surface area is 187 Å². The van der Waals surface area contributed by atoms with Crippen LogP contribution in [0.4, 0.5) is 0 Å². The van der Waals surface area contributed by atoms with Crippen molar-refractivity contribution in [3.8, 4) is 11.5 Å². The Morgan fingerprint density at radius 2 is 1.76 bits per heavy atom. The summed E-state index contributed by atoms with van der Waals surface area (Å²) in [6, 6.07) is 9.73. The molecule has 0 saturated carbocycles. The highest BCUT2D eigenvalue weighted by Gasteiger charge is 2.26. The summed E-state index contributed by atoms with van der Waals surface area (Å²) in [5, 5.41) is 4.83. The molecule has 0 aliphatic carbocycles. The fourth-order valence-corrected chi connectivity index (χ4v) is 3.75. The molecule has 0 unspecified atom stereocenters. The van der Waals surface area contributed by atoms with E-state index in [1.807, 2.05) is 12.1 Å². The van der Waals surface area contributed by atoms with Crippen LogP contribution in [0.1, 0.15) is 22.3 Å². The van der Waals surface area contributed by atoms with Crippen LogP contribution in [0.5, 0.6) is 11.5 Å². The van der Waals surface area contributed by atoms with E-state index in [0.29, 0.717) is 23.7 Å². The number of benzene rings is 2. The molecule has 1 heterocycles. The Balaban J connectivity index is 1.86. The lowest BCUT2D eigenvalue weighted by molar-refractivity contribution is -0.123. The van der Waals surface area contributed by atoms with E-state index >= 15 is 0 Å². The third-order valence-corrected chi connectivity index (χ3v) is 5.47. The lowest BCUT2D eigenvalue weighted by atomic mass is 10.1. The number of carbonyl (C=O) groups is 2. The smallest absolute Gasteiger partial charge is 0.263 e. The zero-order valence-electron chi connectivity index (χ0n) is 16.1. The van der Waals surface area contributed by atoms with Gasteiger partial charge in [-0.05, 0) is 89.1 Å². The average Bonchev–Trinajstić information content (AvgIpc) is 2.66. The zero-order valence-corrected chi connectivity index (χ0v) is 19.1. The summed E-state index contributed by atoms with van der Waals surface area (Å²) in [7, 11) is 1.55. The van der Waals surface area contributed by atoms with Crippen LogP contribution < -0.4 is 20.1 Å². The summed E-state index contributed by atoms with van der Waals surface area (Å²) in [6.45, 7) is 4.53. The Morgan fingerprint density at radius 1 is 1.07 bits per heavy atom. The van der Waals surface area contributed by atoms with E-state index in [1.165, 1.54) is 17.2 Å². The normalized spacial score (nSPS) is 13.7. The first-order chi connectivity index (χ1) is 13.8. The topological polar surface area (TPSA) is 76.7 Å². The number of hydrogen-bond donors (Lipinski definition) is 2. The molecule has 3 rings (SSSR count). The summed E-state index contributed by atoms with van der Waals surface area (Å²) in [5.74, 6) is 0.0394. The number of carbonyl (C=O) groups excluding carboxylic acids is 2. The van der Waals surface area contributed by atoms with E-state index in [-0.39, 0.29) is 10.7 Å². The minimum atomic E-state index is -0.539. The Hall–Kier alpha value is -2.46. The largest absolute Gasteiger partial charge is 0.493 e. The molecule has 1 aliphatic rings. The van der Waals surface area contributed by atoms with Crippen LogP contribution in [0.3, 0.4) is 0 Å². The Morgan fingerprint density at radius 3 is 2.38 bits per heavy atom. The lowest BCUT2D eigenvalue weighted by Crippen LogP contribution is -2.51. The van der Waals surface area contributed by atoms with E-state index < -0.39 is 11.8 Å². The molecule has 0 radical (unpaired) electrons. The number of methoxy groups -OCH3 is 1. The van der Waals surface area contributed by atoms with Gasteiger partial charge < -0.3 is 9.47 Å². The van der Waals surface area contributed by atoms with Gasteiger partial charge in [-0.25, -0.2) is 0 Å². The molecule has 1 saturated heterocycles. The third-order valence-electron chi connectivity index (χ3n) is 4.46. The fraction of sp³-hybridized carbons (Fsp3) is 0.190. The third kappa shape index (κ3) is 4.94. The van der Waals surface area contributed by atoms with Crippen molar-refractivity contribution in [2.24, 2.45) is 0 Å². The van der Waals surface area contributed by atoms with Crippen LogP contribution in [0.2, 0.25) is 0 Å². The molecule has 29 heavy (non-hydrogen) atoms. The number of rotatable bonds is 5. The fourth-order valence-electron chi connectivity index (χ4n) is 2.79. The number of halogens is 1. The van der Waals surface area contributed by atoms with Gasteiger partial charge in [0, 0.05) is 0 Å². The summed E-state index contributed by atoms with van der Waals surface area (Å²) >= 11 is 6.95. The van der Waals surface area contributed by atoms with Crippen molar-refractivity contribution in [2.45, 2.75) is 20.5 Å². The molecular weight excluding hydrogens is 503 g/mol. The highest BCUT2D eigenvalue weighted by atomic mass is 127. The number of amides is 2. The van der Waals surface area contributed by atoms with E-state index in [1.54, 1.807) is 13.2 Å². The van der Waals surface area contributed by atoms with Gasteiger partial charge in [-0.1, -0.05) is 18.2 Å². The molecule has 1 aliphatic heterocycles. The predicted octanol–water partition coefficient (Wildman–Crippen LogP) is 3.41. The van der Waals surface area contributed by atoms with Gasteiger partial charge in [-0.3, -0.25) is 20.2 Å². The second-order valence-corrected chi connectivity index (χ2v) is 8.11. The maximum atomic E-state index is 12.1. The molecule has 2 aromatic rings. The minimum Gasteiger partial charge on any atom is -0.493 e.